The molecule has 0 atom stereocenters. The molecule has 0 unspecified atom stereocenters. The van der Waals surface area contributed by atoms with Gasteiger partial charge in [0.2, 0.25) is 0 Å². The van der Waals surface area contributed by atoms with Crippen molar-refractivity contribution in [1.29, 1.82) is 0 Å². The molecule has 1 aromatic rings. The normalized spacial score (nSPS) is 9.80. The van der Waals surface area contributed by atoms with Crippen LogP contribution in [0.5, 0.6) is 0 Å². The quantitative estimate of drug-likeness (QED) is 0.723. The maximum atomic E-state index is 10.6. The van der Waals surface area contributed by atoms with Gasteiger partial charge in [0.15, 0.2) is 0 Å². The molecule has 0 fully saturated rings. The van der Waals surface area contributed by atoms with Crippen LogP contribution in [-0.4, -0.2) is 33.9 Å². The number of carboxylic acid groups (broad SMARTS) is 1. The van der Waals surface area contributed by atoms with Crippen molar-refractivity contribution in [2.75, 3.05) is 0 Å². The summed E-state index contributed by atoms with van der Waals surface area (Å²) in [5, 5.41) is 8.68. The zero-order valence-electron chi connectivity index (χ0n) is 9.66. The summed E-state index contributed by atoms with van der Waals surface area (Å²) in [6.07, 6.45) is 0. The number of carboxylic acids is 1. The Hall–Kier alpha value is -0.818. The highest BCUT2D eigenvalue weighted by molar-refractivity contribution is 5.87. The summed E-state index contributed by atoms with van der Waals surface area (Å²) in [6, 6.07) is 7.01. The van der Waals surface area contributed by atoms with E-state index in [1.807, 2.05) is 12.1 Å². The molecule has 3 nitrogen and oxygen atoms in total. The van der Waals surface area contributed by atoms with Gasteiger partial charge in [-0.15, -0.1) is 0 Å². The van der Waals surface area contributed by atoms with Crippen molar-refractivity contribution in [1.82, 2.24) is 0 Å². The van der Waals surface area contributed by atoms with Crippen LogP contribution in [0, 0.1) is 0 Å². The van der Waals surface area contributed by atoms with E-state index >= 15 is 0 Å². The second-order valence-electron chi connectivity index (χ2n) is 4.13. The van der Waals surface area contributed by atoms with Gasteiger partial charge in [0.1, 0.15) is 17.4 Å². The molecule has 1 radical (unpaired) electrons. The van der Waals surface area contributed by atoms with E-state index in [2.05, 4.69) is 20.8 Å². The molecule has 0 saturated carbocycles. The van der Waals surface area contributed by atoms with Gasteiger partial charge in [-0.3, -0.25) is 0 Å². The van der Waals surface area contributed by atoms with Gasteiger partial charge in [0, 0.05) is 0 Å². The summed E-state index contributed by atoms with van der Waals surface area (Å²) in [6.45, 7) is 6.30. The zero-order chi connectivity index (χ0) is 10.1. The molecule has 1 rings (SSSR count). The van der Waals surface area contributed by atoms with E-state index in [4.69, 9.17) is 5.11 Å². The summed E-state index contributed by atoms with van der Waals surface area (Å²) in [7, 11) is 0. The van der Waals surface area contributed by atoms with Gasteiger partial charge in [0.25, 0.3) is 0 Å². The average molecular weight is 225 g/mol. The minimum absolute atomic E-state index is 0. The smallest absolute Gasteiger partial charge is 0.335 e. The third kappa shape index (κ3) is 4.48. The summed E-state index contributed by atoms with van der Waals surface area (Å²) in [4.78, 5) is 10.6. The van der Waals surface area contributed by atoms with Crippen molar-refractivity contribution >= 4 is 23.3 Å². The van der Waals surface area contributed by atoms with Gasteiger partial charge in [-0.05, 0) is 23.1 Å². The van der Waals surface area contributed by atoms with E-state index in [0.717, 1.165) is 5.56 Å². The van der Waals surface area contributed by atoms with Crippen LogP contribution in [0.2, 0.25) is 0 Å². The molecule has 4 heteroatoms. The van der Waals surface area contributed by atoms with Crippen LogP contribution < -0.4 is 0 Å². The highest BCUT2D eigenvalue weighted by Crippen LogP contribution is 2.21. The largest absolute Gasteiger partial charge is 0.478 e. The lowest BCUT2D eigenvalue weighted by Crippen LogP contribution is -2.11. The predicted octanol–water partition coefficient (Wildman–Crippen LogP) is 0.941. The first-order valence-electron chi connectivity index (χ1n) is 4.25. The van der Waals surface area contributed by atoms with Crippen molar-refractivity contribution in [2.45, 2.75) is 26.2 Å². The number of aromatic carboxylic acids is 1. The van der Waals surface area contributed by atoms with Crippen LogP contribution in [0.3, 0.4) is 0 Å². The fourth-order valence-corrected chi connectivity index (χ4v) is 1.11. The summed E-state index contributed by atoms with van der Waals surface area (Å²) in [5.41, 5.74) is 1.57. The standard InChI is InChI=1S/C11H14O2.Al.H2O.2H/c1-11(2,3)9-6-4-8(5-7-9)10(12)13;;;;/h4-7H,1-3H3,(H,12,13);;1H2;;. The second kappa shape index (κ2) is 5.92. The van der Waals surface area contributed by atoms with E-state index < -0.39 is 5.97 Å². The molecule has 1 aromatic carbocycles. The molecule has 0 saturated heterocycles. The number of hydrogen-bond donors (Lipinski definition) is 1. The van der Waals surface area contributed by atoms with Gasteiger partial charge in [-0.2, -0.15) is 0 Å². The molecule has 0 heterocycles. The Kier molecular flexibility index (Phi) is 6.55. The number of hydrogen-bond acceptors (Lipinski definition) is 1. The van der Waals surface area contributed by atoms with Crippen LogP contribution in [-0.2, 0) is 5.41 Å². The first-order chi connectivity index (χ1) is 5.91. The fraction of sp³-hybridized carbons (Fsp3) is 0.364. The third-order valence-electron chi connectivity index (χ3n) is 2.00. The fourth-order valence-electron chi connectivity index (χ4n) is 1.11. The van der Waals surface area contributed by atoms with Crippen LogP contribution >= 0.6 is 0 Å². The van der Waals surface area contributed by atoms with Crippen molar-refractivity contribution in [2.24, 2.45) is 0 Å². The summed E-state index contributed by atoms with van der Waals surface area (Å²) in [5.74, 6) is -0.875. The Balaban J connectivity index is 0. The third-order valence-corrected chi connectivity index (χ3v) is 2.00. The second-order valence-corrected chi connectivity index (χ2v) is 4.13. The van der Waals surface area contributed by atoms with Crippen molar-refractivity contribution < 1.29 is 15.4 Å². The summed E-state index contributed by atoms with van der Waals surface area (Å²) < 4.78 is 0. The van der Waals surface area contributed by atoms with Gasteiger partial charge in [-0.25, -0.2) is 4.79 Å². The lowest BCUT2D eigenvalue weighted by molar-refractivity contribution is 0.0697. The first kappa shape index (κ1) is 16.6. The monoisotopic (exact) mass is 225 g/mol. The molecule has 0 aliphatic heterocycles. The van der Waals surface area contributed by atoms with E-state index in [9.17, 15) is 4.79 Å². The maximum Gasteiger partial charge on any atom is 0.335 e. The summed E-state index contributed by atoms with van der Waals surface area (Å²) >= 11 is 0. The minimum Gasteiger partial charge on any atom is -0.478 e. The molecule has 0 spiro atoms. The lowest BCUT2D eigenvalue weighted by atomic mass is 9.87. The number of carbonyl (C=O) groups is 1. The van der Waals surface area contributed by atoms with Crippen LogP contribution in [0.25, 0.3) is 0 Å². The molecule has 0 amide bonds. The van der Waals surface area contributed by atoms with E-state index in [1.54, 1.807) is 12.1 Å². The van der Waals surface area contributed by atoms with Crippen molar-refractivity contribution in [3.05, 3.63) is 35.4 Å². The highest BCUT2D eigenvalue weighted by Gasteiger charge is 2.13. The Morgan fingerprint density at radius 3 is 1.80 bits per heavy atom. The van der Waals surface area contributed by atoms with Gasteiger partial charge < -0.3 is 10.6 Å². The van der Waals surface area contributed by atoms with Crippen LogP contribution in [0.1, 0.15) is 36.7 Å². The molecule has 0 bridgehead atoms. The van der Waals surface area contributed by atoms with Crippen LogP contribution in [0.4, 0.5) is 0 Å². The Bertz CT molecular complexity index is 312. The maximum absolute atomic E-state index is 10.6. The highest BCUT2D eigenvalue weighted by atomic mass is 27.0. The van der Waals surface area contributed by atoms with Gasteiger partial charge in [0.05, 0.1) is 5.56 Å². The molecular formula is C11H18AlO3. The predicted molar refractivity (Wildman–Crippen MR) is 64.3 cm³/mol. The van der Waals surface area contributed by atoms with E-state index in [-0.39, 0.29) is 28.3 Å². The Labute approximate surface area is 101 Å². The van der Waals surface area contributed by atoms with E-state index in [0.29, 0.717) is 5.56 Å². The number of rotatable bonds is 1. The lowest BCUT2D eigenvalue weighted by Gasteiger charge is -2.18. The number of benzene rings is 1. The Morgan fingerprint density at radius 2 is 1.53 bits per heavy atom. The SMILES string of the molecule is CC(C)(C)c1ccc(C(=O)O)cc1.O.[AlH2]. The van der Waals surface area contributed by atoms with Gasteiger partial charge >= 0.3 is 5.97 Å². The van der Waals surface area contributed by atoms with E-state index in [1.165, 1.54) is 0 Å². The Morgan fingerprint density at radius 1 is 1.13 bits per heavy atom. The average Bonchev–Trinajstić information content (AvgIpc) is 2.03. The molecule has 0 aliphatic carbocycles. The molecular weight excluding hydrogens is 207 g/mol. The molecule has 15 heavy (non-hydrogen) atoms. The van der Waals surface area contributed by atoms with Crippen molar-refractivity contribution in [3.8, 4) is 0 Å². The minimum atomic E-state index is -0.875. The zero-order valence-corrected chi connectivity index (χ0v) is 11.7. The van der Waals surface area contributed by atoms with Gasteiger partial charge in [-0.1, -0.05) is 32.9 Å². The molecule has 0 aromatic heterocycles. The first-order valence-corrected chi connectivity index (χ1v) is 4.25. The van der Waals surface area contributed by atoms with Crippen LogP contribution in [0.15, 0.2) is 24.3 Å². The molecule has 83 valence electrons. The topological polar surface area (TPSA) is 68.8 Å². The molecule has 3 N–H and O–H groups in total. The van der Waals surface area contributed by atoms with Crippen molar-refractivity contribution in [3.63, 3.8) is 0 Å². The molecule has 0 aliphatic rings.